The Morgan fingerprint density at radius 1 is 1.30 bits per heavy atom. The van der Waals surface area contributed by atoms with Gasteiger partial charge >= 0.3 is 5.97 Å². The van der Waals surface area contributed by atoms with E-state index in [2.05, 4.69) is 10.0 Å². The summed E-state index contributed by atoms with van der Waals surface area (Å²) < 4.78 is 30.9. The van der Waals surface area contributed by atoms with Crippen LogP contribution in [0, 0.1) is 5.41 Å². The molecular weight excluding hydrogens is 316 g/mol. The molecule has 2 aliphatic rings. The largest absolute Gasteiger partial charge is 0.465 e. The van der Waals surface area contributed by atoms with Gasteiger partial charge in [-0.05, 0) is 56.3 Å². The van der Waals surface area contributed by atoms with Gasteiger partial charge < -0.3 is 10.1 Å². The number of benzene rings is 1. The van der Waals surface area contributed by atoms with E-state index in [4.69, 9.17) is 4.74 Å². The first-order chi connectivity index (χ1) is 10.9. The molecule has 0 atom stereocenters. The third kappa shape index (κ3) is 2.95. The molecule has 0 heterocycles. The van der Waals surface area contributed by atoms with E-state index in [1.165, 1.54) is 45.6 Å². The maximum Gasteiger partial charge on any atom is 0.340 e. The van der Waals surface area contributed by atoms with Gasteiger partial charge in [-0.2, -0.15) is 0 Å². The van der Waals surface area contributed by atoms with Gasteiger partial charge in [0.25, 0.3) is 0 Å². The second kappa shape index (κ2) is 5.79. The number of hydrogen-bond acceptors (Lipinski definition) is 5. The zero-order valence-corrected chi connectivity index (χ0v) is 14.2. The number of nitrogens with one attached hydrogen (secondary N) is 2. The molecule has 126 valence electrons. The Bertz CT molecular complexity index is 718. The van der Waals surface area contributed by atoms with E-state index in [1.807, 2.05) is 0 Å². The second-order valence-electron chi connectivity index (χ2n) is 6.51. The van der Waals surface area contributed by atoms with Crippen molar-refractivity contribution in [3.8, 4) is 0 Å². The number of methoxy groups -OCH3 is 1. The summed E-state index contributed by atoms with van der Waals surface area (Å²) >= 11 is 0. The SMILES string of the molecule is CNS(=O)(=O)c1ccc(NC2CC3(CCC3)C2)c(C(=O)OC)c1. The van der Waals surface area contributed by atoms with Crippen molar-refractivity contribution in [3.63, 3.8) is 0 Å². The lowest BCUT2D eigenvalue weighted by Crippen LogP contribution is -2.49. The van der Waals surface area contributed by atoms with Gasteiger partial charge in [0.2, 0.25) is 10.0 Å². The molecular formula is C16H22N2O4S. The third-order valence-corrected chi connectivity index (χ3v) is 6.52. The Kier molecular flexibility index (Phi) is 4.10. The molecule has 0 aliphatic heterocycles. The van der Waals surface area contributed by atoms with Gasteiger partial charge in [0.1, 0.15) is 0 Å². The quantitative estimate of drug-likeness (QED) is 0.804. The molecule has 0 amide bonds. The predicted molar refractivity (Wildman–Crippen MR) is 87.0 cm³/mol. The molecule has 1 aromatic carbocycles. The van der Waals surface area contributed by atoms with Gasteiger partial charge in [0.05, 0.1) is 17.6 Å². The summed E-state index contributed by atoms with van der Waals surface area (Å²) in [5.41, 5.74) is 1.41. The van der Waals surface area contributed by atoms with Gasteiger partial charge in [0, 0.05) is 11.7 Å². The minimum atomic E-state index is -3.60. The molecule has 1 aromatic rings. The normalized spacial score (nSPS) is 19.7. The Hall–Kier alpha value is -1.60. The highest BCUT2D eigenvalue weighted by Crippen LogP contribution is 2.56. The van der Waals surface area contributed by atoms with Gasteiger partial charge in [-0.25, -0.2) is 17.9 Å². The van der Waals surface area contributed by atoms with E-state index in [9.17, 15) is 13.2 Å². The Morgan fingerprint density at radius 3 is 2.52 bits per heavy atom. The lowest BCUT2D eigenvalue weighted by molar-refractivity contribution is 0.0192. The van der Waals surface area contributed by atoms with E-state index in [-0.39, 0.29) is 10.5 Å². The van der Waals surface area contributed by atoms with E-state index >= 15 is 0 Å². The first-order valence-electron chi connectivity index (χ1n) is 7.82. The summed E-state index contributed by atoms with van der Waals surface area (Å²) in [6.45, 7) is 0. The standard InChI is InChI=1S/C16H22N2O4S/c1-17-23(20,21)12-4-5-14(13(8-12)15(19)22-2)18-11-9-16(10-11)6-3-7-16/h4-5,8,11,17-18H,3,6-7,9-10H2,1-2H3. The molecule has 0 unspecified atom stereocenters. The number of rotatable bonds is 5. The maximum atomic E-state index is 12.0. The van der Waals surface area contributed by atoms with Crippen LogP contribution in [0.1, 0.15) is 42.5 Å². The van der Waals surface area contributed by atoms with Crippen LogP contribution in [0.5, 0.6) is 0 Å². The van der Waals surface area contributed by atoms with Crippen LogP contribution in [-0.2, 0) is 14.8 Å². The number of esters is 1. The zero-order chi connectivity index (χ0) is 16.7. The lowest BCUT2D eigenvalue weighted by Gasteiger charge is -2.54. The van der Waals surface area contributed by atoms with Gasteiger partial charge in [-0.3, -0.25) is 0 Å². The molecule has 6 nitrogen and oxygen atoms in total. The molecule has 2 N–H and O–H groups in total. The Morgan fingerprint density at radius 2 is 2.00 bits per heavy atom. The summed E-state index contributed by atoms with van der Waals surface area (Å²) in [5, 5.41) is 3.37. The van der Waals surface area contributed by atoms with Crippen LogP contribution in [0.4, 0.5) is 5.69 Å². The van der Waals surface area contributed by atoms with Crippen molar-refractivity contribution in [1.29, 1.82) is 0 Å². The number of sulfonamides is 1. The molecule has 2 fully saturated rings. The number of ether oxygens (including phenoxy) is 1. The van der Waals surface area contributed by atoms with Crippen LogP contribution in [0.25, 0.3) is 0 Å². The highest BCUT2D eigenvalue weighted by atomic mass is 32.2. The molecule has 23 heavy (non-hydrogen) atoms. The summed E-state index contributed by atoms with van der Waals surface area (Å²) in [7, 11) is -0.969. The molecule has 2 aliphatic carbocycles. The topological polar surface area (TPSA) is 84.5 Å². The molecule has 0 radical (unpaired) electrons. The van der Waals surface area contributed by atoms with Crippen LogP contribution >= 0.6 is 0 Å². The molecule has 2 saturated carbocycles. The Labute approximate surface area is 136 Å². The fourth-order valence-electron chi connectivity index (χ4n) is 3.61. The average Bonchev–Trinajstić information content (AvgIpc) is 2.47. The van der Waals surface area contributed by atoms with Crippen molar-refractivity contribution in [3.05, 3.63) is 23.8 Å². The first-order valence-corrected chi connectivity index (χ1v) is 9.30. The van der Waals surface area contributed by atoms with Crippen molar-refractivity contribution in [2.24, 2.45) is 5.41 Å². The highest BCUT2D eigenvalue weighted by Gasteiger charge is 2.48. The minimum Gasteiger partial charge on any atom is -0.465 e. The van der Waals surface area contributed by atoms with Crippen molar-refractivity contribution in [1.82, 2.24) is 4.72 Å². The van der Waals surface area contributed by atoms with E-state index < -0.39 is 16.0 Å². The molecule has 0 aromatic heterocycles. The van der Waals surface area contributed by atoms with Crippen LogP contribution in [0.3, 0.4) is 0 Å². The van der Waals surface area contributed by atoms with Crippen molar-refractivity contribution in [2.45, 2.75) is 43.0 Å². The smallest absolute Gasteiger partial charge is 0.340 e. The molecule has 0 bridgehead atoms. The van der Waals surface area contributed by atoms with Crippen LogP contribution in [0.2, 0.25) is 0 Å². The van der Waals surface area contributed by atoms with Crippen LogP contribution < -0.4 is 10.0 Å². The number of anilines is 1. The monoisotopic (exact) mass is 338 g/mol. The van der Waals surface area contributed by atoms with Crippen molar-refractivity contribution >= 4 is 21.7 Å². The van der Waals surface area contributed by atoms with E-state index in [0.29, 0.717) is 17.1 Å². The third-order valence-electron chi connectivity index (χ3n) is 5.11. The predicted octanol–water partition coefficient (Wildman–Crippen LogP) is 2.13. The first kappa shape index (κ1) is 16.3. The second-order valence-corrected chi connectivity index (χ2v) is 8.40. The number of hydrogen-bond donors (Lipinski definition) is 2. The number of carbonyl (C=O) groups excluding carboxylic acids is 1. The van der Waals surface area contributed by atoms with E-state index in [0.717, 1.165) is 12.8 Å². The molecule has 7 heteroatoms. The molecule has 0 saturated heterocycles. The van der Waals surface area contributed by atoms with Crippen LogP contribution in [0.15, 0.2) is 23.1 Å². The van der Waals surface area contributed by atoms with E-state index in [1.54, 1.807) is 6.07 Å². The van der Waals surface area contributed by atoms with Gasteiger partial charge in [-0.15, -0.1) is 0 Å². The van der Waals surface area contributed by atoms with Crippen molar-refractivity contribution < 1.29 is 17.9 Å². The molecule has 1 spiro atoms. The summed E-state index contributed by atoms with van der Waals surface area (Å²) in [6, 6.07) is 4.84. The molecule has 3 rings (SSSR count). The maximum absolute atomic E-state index is 12.0. The van der Waals surface area contributed by atoms with Gasteiger partial charge in [0.15, 0.2) is 0 Å². The Balaban J connectivity index is 1.83. The highest BCUT2D eigenvalue weighted by molar-refractivity contribution is 7.89. The minimum absolute atomic E-state index is 0.0509. The fourth-order valence-corrected chi connectivity index (χ4v) is 4.36. The van der Waals surface area contributed by atoms with Crippen LogP contribution in [-0.4, -0.2) is 34.6 Å². The lowest BCUT2D eigenvalue weighted by atomic mass is 9.54. The number of carbonyl (C=O) groups is 1. The summed E-state index contributed by atoms with van der Waals surface area (Å²) in [6.07, 6.45) is 6.15. The van der Waals surface area contributed by atoms with Gasteiger partial charge in [-0.1, -0.05) is 6.42 Å². The zero-order valence-electron chi connectivity index (χ0n) is 13.4. The average molecular weight is 338 g/mol. The summed E-state index contributed by atoms with van der Waals surface area (Å²) in [5.74, 6) is -0.543. The fraction of sp³-hybridized carbons (Fsp3) is 0.562. The summed E-state index contributed by atoms with van der Waals surface area (Å²) in [4.78, 5) is 12.1. The van der Waals surface area contributed by atoms with Crippen molar-refractivity contribution in [2.75, 3.05) is 19.5 Å².